The minimum atomic E-state index is -0.390. The molecule has 0 spiro atoms. The molecule has 0 amide bonds. The predicted molar refractivity (Wildman–Crippen MR) is 57.1 cm³/mol. The Morgan fingerprint density at radius 3 is 2.75 bits per heavy atom. The second-order valence-electron chi connectivity index (χ2n) is 3.98. The molecule has 1 aliphatic heterocycles. The van der Waals surface area contributed by atoms with Crippen LogP contribution in [0, 0.1) is 11.7 Å². The maximum Gasteiger partial charge on any atom is 0.165 e. The summed E-state index contributed by atoms with van der Waals surface area (Å²) in [6.45, 7) is 1.29. The van der Waals surface area contributed by atoms with E-state index in [1.165, 1.54) is 13.2 Å². The van der Waals surface area contributed by atoms with Crippen molar-refractivity contribution in [1.82, 2.24) is 0 Å². The SMILES string of the molecule is COc1ccc(C(CO)C2COC2)cc1F. The first-order valence-corrected chi connectivity index (χ1v) is 5.28. The molecular weight excluding hydrogens is 211 g/mol. The van der Waals surface area contributed by atoms with Crippen LogP contribution >= 0.6 is 0 Å². The van der Waals surface area contributed by atoms with E-state index >= 15 is 0 Å². The monoisotopic (exact) mass is 226 g/mol. The van der Waals surface area contributed by atoms with E-state index in [2.05, 4.69) is 0 Å². The topological polar surface area (TPSA) is 38.7 Å². The highest BCUT2D eigenvalue weighted by Crippen LogP contribution is 2.31. The maximum atomic E-state index is 13.5. The lowest BCUT2D eigenvalue weighted by molar-refractivity contribution is -0.0527. The number of methoxy groups -OCH3 is 1. The van der Waals surface area contributed by atoms with Gasteiger partial charge in [0, 0.05) is 11.8 Å². The summed E-state index contributed by atoms with van der Waals surface area (Å²) >= 11 is 0. The van der Waals surface area contributed by atoms with Crippen molar-refractivity contribution in [3.05, 3.63) is 29.6 Å². The first-order chi connectivity index (χ1) is 7.76. The molecule has 1 aliphatic rings. The van der Waals surface area contributed by atoms with Gasteiger partial charge in [-0.15, -0.1) is 0 Å². The van der Waals surface area contributed by atoms with E-state index in [0.717, 1.165) is 5.56 Å². The Kier molecular flexibility index (Phi) is 3.41. The molecule has 1 saturated heterocycles. The molecular formula is C12H15FO3. The summed E-state index contributed by atoms with van der Waals surface area (Å²) in [4.78, 5) is 0. The Hall–Kier alpha value is -1.13. The van der Waals surface area contributed by atoms with Crippen LogP contribution in [-0.4, -0.2) is 32.0 Å². The van der Waals surface area contributed by atoms with Crippen molar-refractivity contribution in [3.8, 4) is 5.75 Å². The molecule has 88 valence electrons. The molecule has 1 atom stereocenters. The highest BCUT2D eigenvalue weighted by molar-refractivity contribution is 5.31. The fourth-order valence-corrected chi connectivity index (χ4v) is 1.93. The molecule has 0 saturated carbocycles. The fourth-order valence-electron chi connectivity index (χ4n) is 1.93. The van der Waals surface area contributed by atoms with Crippen molar-refractivity contribution < 1.29 is 19.0 Å². The van der Waals surface area contributed by atoms with Crippen molar-refractivity contribution in [2.24, 2.45) is 5.92 Å². The van der Waals surface area contributed by atoms with Gasteiger partial charge in [0.2, 0.25) is 0 Å². The summed E-state index contributed by atoms with van der Waals surface area (Å²) in [5.74, 6) is 0.0796. The average Bonchev–Trinajstić information content (AvgIpc) is 2.23. The number of aliphatic hydroxyl groups is 1. The van der Waals surface area contributed by atoms with Crippen molar-refractivity contribution in [2.75, 3.05) is 26.9 Å². The first kappa shape index (κ1) is 11.4. The Morgan fingerprint density at radius 1 is 1.56 bits per heavy atom. The van der Waals surface area contributed by atoms with Crippen LogP contribution in [0.4, 0.5) is 4.39 Å². The molecule has 1 heterocycles. The van der Waals surface area contributed by atoms with Gasteiger partial charge in [-0.3, -0.25) is 0 Å². The van der Waals surface area contributed by atoms with Crippen molar-refractivity contribution in [1.29, 1.82) is 0 Å². The summed E-state index contributed by atoms with van der Waals surface area (Å²) in [7, 11) is 1.43. The van der Waals surface area contributed by atoms with E-state index in [-0.39, 0.29) is 24.2 Å². The van der Waals surface area contributed by atoms with Gasteiger partial charge < -0.3 is 14.6 Å². The molecule has 2 rings (SSSR count). The number of benzene rings is 1. The molecule has 0 radical (unpaired) electrons. The first-order valence-electron chi connectivity index (χ1n) is 5.28. The molecule has 1 aromatic rings. The fraction of sp³-hybridized carbons (Fsp3) is 0.500. The summed E-state index contributed by atoms with van der Waals surface area (Å²) in [5.41, 5.74) is 0.800. The number of halogens is 1. The standard InChI is InChI=1S/C12H15FO3/c1-15-12-3-2-8(4-11(12)13)10(5-14)9-6-16-7-9/h2-4,9-10,14H,5-7H2,1H3. The lowest BCUT2D eigenvalue weighted by atomic mass is 9.85. The van der Waals surface area contributed by atoms with Gasteiger partial charge in [0.15, 0.2) is 11.6 Å². The molecule has 0 aromatic heterocycles. The third-order valence-electron chi connectivity index (χ3n) is 3.03. The quantitative estimate of drug-likeness (QED) is 0.846. The zero-order chi connectivity index (χ0) is 11.5. The molecule has 1 aromatic carbocycles. The second kappa shape index (κ2) is 4.80. The van der Waals surface area contributed by atoms with Crippen LogP contribution in [-0.2, 0) is 4.74 Å². The highest BCUT2D eigenvalue weighted by Gasteiger charge is 2.29. The third-order valence-corrected chi connectivity index (χ3v) is 3.03. The molecule has 0 bridgehead atoms. The van der Waals surface area contributed by atoms with Gasteiger partial charge in [0.05, 0.1) is 26.9 Å². The zero-order valence-corrected chi connectivity index (χ0v) is 9.15. The highest BCUT2D eigenvalue weighted by atomic mass is 19.1. The Morgan fingerprint density at radius 2 is 2.31 bits per heavy atom. The molecule has 0 aliphatic carbocycles. The lowest BCUT2D eigenvalue weighted by Crippen LogP contribution is -2.34. The van der Waals surface area contributed by atoms with E-state index in [0.29, 0.717) is 13.2 Å². The van der Waals surface area contributed by atoms with Crippen molar-refractivity contribution in [3.63, 3.8) is 0 Å². The van der Waals surface area contributed by atoms with Crippen molar-refractivity contribution >= 4 is 0 Å². The number of aliphatic hydroxyl groups excluding tert-OH is 1. The Balaban J connectivity index is 2.21. The number of ether oxygens (including phenoxy) is 2. The lowest BCUT2D eigenvalue weighted by Gasteiger charge is -2.33. The van der Waals surface area contributed by atoms with Crippen LogP contribution in [0.3, 0.4) is 0 Å². The molecule has 3 nitrogen and oxygen atoms in total. The van der Waals surface area contributed by atoms with Crippen LogP contribution in [0.1, 0.15) is 11.5 Å². The minimum absolute atomic E-state index is 0.0137. The van der Waals surface area contributed by atoms with E-state index in [4.69, 9.17) is 9.47 Å². The van der Waals surface area contributed by atoms with Crippen molar-refractivity contribution in [2.45, 2.75) is 5.92 Å². The van der Waals surface area contributed by atoms with E-state index < -0.39 is 5.82 Å². The summed E-state index contributed by atoms with van der Waals surface area (Å²) < 4.78 is 23.4. The van der Waals surface area contributed by atoms with Gasteiger partial charge in [0.25, 0.3) is 0 Å². The summed E-state index contributed by atoms with van der Waals surface area (Å²) in [5, 5.41) is 9.32. The van der Waals surface area contributed by atoms with Gasteiger partial charge in [-0.25, -0.2) is 4.39 Å². The summed E-state index contributed by atoms with van der Waals surface area (Å²) in [6, 6.07) is 4.81. The third kappa shape index (κ3) is 2.03. The zero-order valence-electron chi connectivity index (χ0n) is 9.15. The van der Waals surface area contributed by atoms with E-state index in [1.807, 2.05) is 0 Å². The number of rotatable bonds is 4. The molecule has 4 heteroatoms. The predicted octanol–water partition coefficient (Wildman–Crippen LogP) is 1.56. The molecule has 1 unspecified atom stereocenters. The Labute approximate surface area is 93.8 Å². The van der Waals surface area contributed by atoms with Gasteiger partial charge in [-0.2, -0.15) is 0 Å². The molecule has 16 heavy (non-hydrogen) atoms. The van der Waals surface area contributed by atoms with Crippen LogP contribution in [0.25, 0.3) is 0 Å². The smallest absolute Gasteiger partial charge is 0.165 e. The van der Waals surface area contributed by atoms with Gasteiger partial charge in [0.1, 0.15) is 0 Å². The van der Waals surface area contributed by atoms with Gasteiger partial charge >= 0.3 is 0 Å². The van der Waals surface area contributed by atoms with E-state index in [1.54, 1.807) is 12.1 Å². The molecule has 1 fully saturated rings. The number of hydrogen-bond acceptors (Lipinski definition) is 3. The van der Waals surface area contributed by atoms with E-state index in [9.17, 15) is 9.50 Å². The minimum Gasteiger partial charge on any atom is -0.494 e. The van der Waals surface area contributed by atoms with Crippen LogP contribution in [0.15, 0.2) is 18.2 Å². The van der Waals surface area contributed by atoms with Crippen LogP contribution < -0.4 is 4.74 Å². The second-order valence-corrected chi connectivity index (χ2v) is 3.98. The average molecular weight is 226 g/mol. The maximum absolute atomic E-state index is 13.5. The molecule has 1 N–H and O–H groups in total. The largest absolute Gasteiger partial charge is 0.494 e. The number of hydrogen-bond donors (Lipinski definition) is 1. The Bertz CT molecular complexity index is 363. The summed E-state index contributed by atoms with van der Waals surface area (Å²) in [6.07, 6.45) is 0. The van der Waals surface area contributed by atoms with Crippen LogP contribution in [0.5, 0.6) is 5.75 Å². The normalized spacial score (nSPS) is 17.9. The van der Waals surface area contributed by atoms with Gasteiger partial charge in [-0.1, -0.05) is 6.07 Å². The van der Waals surface area contributed by atoms with Gasteiger partial charge in [-0.05, 0) is 17.7 Å². The van der Waals surface area contributed by atoms with Crippen LogP contribution in [0.2, 0.25) is 0 Å².